The molecule has 1 aromatic carbocycles. The fraction of sp³-hybridized carbons (Fsp3) is 0.438. The average molecular weight is 305 g/mol. The second-order valence-corrected chi connectivity index (χ2v) is 7.14. The molecule has 0 aliphatic heterocycles. The second kappa shape index (κ2) is 3.80. The van der Waals surface area contributed by atoms with Gasteiger partial charge in [-0.05, 0) is 24.5 Å². The SMILES string of the molecule is C[C@]12C[C@](C)(C=C1c1ccccc1)[C@@H](Br)CC2=O. The Morgan fingerprint density at radius 1 is 1.22 bits per heavy atom. The Kier molecular flexibility index (Phi) is 2.57. The maximum atomic E-state index is 12.4. The number of hydrogen-bond acceptors (Lipinski definition) is 1. The van der Waals surface area contributed by atoms with Crippen molar-refractivity contribution < 1.29 is 4.79 Å². The van der Waals surface area contributed by atoms with Gasteiger partial charge in [0.2, 0.25) is 0 Å². The summed E-state index contributed by atoms with van der Waals surface area (Å²) >= 11 is 3.70. The monoisotopic (exact) mass is 304 g/mol. The first-order chi connectivity index (χ1) is 8.46. The molecule has 2 aliphatic rings. The van der Waals surface area contributed by atoms with Crippen LogP contribution in [0.5, 0.6) is 0 Å². The minimum absolute atomic E-state index is 0.105. The zero-order valence-corrected chi connectivity index (χ0v) is 12.3. The molecule has 3 rings (SSSR count). The van der Waals surface area contributed by atoms with Crippen LogP contribution in [0, 0.1) is 10.8 Å². The Bertz CT molecular complexity index is 533. The molecule has 2 aliphatic carbocycles. The molecular weight excluding hydrogens is 288 g/mol. The normalized spacial score (nSPS) is 38.7. The lowest BCUT2D eigenvalue weighted by Gasteiger charge is -2.39. The Hall–Kier alpha value is -0.890. The Morgan fingerprint density at radius 3 is 2.56 bits per heavy atom. The Balaban J connectivity index is 2.15. The van der Waals surface area contributed by atoms with Crippen LogP contribution < -0.4 is 0 Å². The van der Waals surface area contributed by atoms with E-state index in [1.165, 1.54) is 11.1 Å². The van der Waals surface area contributed by atoms with E-state index in [-0.39, 0.29) is 15.7 Å². The number of alkyl halides is 1. The zero-order chi connectivity index (χ0) is 13.0. The Labute approximate surface area is 116 Å². The van der Waals surface area contributed by atoms with E-state index in [0.29, 0.717) is 12.2 Å². The predicted octanol–water partition coefficient (Wildman–Crippen LogP) is 4.22. The first kappa shape index (κ1) is 12.2. The predicted molar refractivity (Wildman–Crippen MR) is 77.6 cm³/mol. The van der Waals surface area contributed by atoms with Crippen LogP contribution in [-0.4, -0.2) is 10.6 Å². The molecule has 2 bridgehead atoms. The van der Waals surface area contributed by atoms with Gasteiger partial charge in [-0.2, -0.15) is 0 Å². The summed E-state index contributed by atoms with van der Waals surface area (Å²) in [7, 11) is 0. The average Bonchev–Trinajstić information content (AvgIpc) is 2.61. The maximum Gasteiger partial charge on any atom is 0.144 e. The molecule has 94 valence electrons. The maximum absolute atomic E-state index is 12.4. The van der Waals surface area contributed by atoms with Crippen molar-refractivity contribution in [2.75, 3.05) is 0 Å². The highest BCUT2D eigenvalue weighted by Crippen LogP contribution is 2.60. The number of hydrogen-bond donors (Lipinski definition) is 0. The first-order valence-corrected chi connectivity index (χ1v) is 7.33. The molecule has 0 N–H and O–H groups in total. The third kappa shape index (κ3) is 1.55. The van der Waals surface area contributed by atoms with Crippen LogP contribution >= 0.6 is 15.9 Å². The van der Waals surface area contributed by atoms with Gasteiger partial charge in [0.05, 0.1) is 5.41 Å². The lowest BCUT2D eigenvalue weighted by Crippen LogP contribution is -2.40. The molecular formula is C16H17BrO. The first-order valence-electron chi connectivity index (χ1n) is 6.42. The number of allylic oxidation sites excluding steroid dienone is 2. The number of carbonyl (C=O) groups is 1. The lowest BCUT2D eigenvalue weighted by atomic mass is 9.66. The third-order valence-corrected chi connectivity index (χ3v) is 5.95. The lowest BCUT2D eigenvalue weighted by molar-refractivity contribution is -0.128. The van der Waals surface area contributed by atoms with Crippen molar-refractivity contribution in [3.05, 3.63) is 42.0 Å². The molecule has 1 saturated carbocycles. The second-order valence-electron chi connectivity index (χ2n) is 6.03. The van der Waals surface area contributed by atoms with Gasteiger partial charge in [-0.15, -0.1) is 0 Å². The van der Waals surface area contributed by atoms with Crippen molar-refractivity contribution in [1.29, 1.82) is 0 Å². The summed E-state index contributed by atoms with van der Waals surface area (Å²) in [5, 5.41) is 0. The topological polar surface area (TPSA) is 17.1 Å². The fourth-order valence-electron chi connectivity index (χ4n) is 3.49. The van der Waals surface area contributed by atoms with E-state index < -0.39 is 0 Å². The van der Waals surface area contributed by atoms with E-state index in [1.54, 1.807) is 0 Å². The fourth-order valence-corrected chi connectivity index (χ4v) is 4.08. The number of rotatable bonds is 1. The Morgan fingerprint density at radius 2 is 1.89 bits per heavy atom. The van der Waals surface area contributed by atoms with Gasteiger partial charge in [-0.1, -0.05) is 59.3 Å². The van der Waals surface area contributed by atoms with Crippen LogP contribution in [0.2, 0.25) is 0 Å². The molecule has 0 amide bonds. The molecule has 0 unspecified atom stereocenters. The number of carbonyl (C=O) groups excluding carboxylic acids is 1. The van der Waals surface area contributed by atoms with Crippen LogP contribution in [0.25, 0.3) is 5.57 Å². The number of ketones is 1. The van der Waals surface area contributed by atoms with E-state index in [0.717, 1.165) is 6.42 Å². The van der Waals surface area contributed by atoms with Gasteiger partial charge in [0, 0.05) is 16.7 Å². The van der Waals surface area contributed by atoms with Gasteiger partial charge < -0.3 is 0 Å². The minimum Gasteiger partial charge on any atom is -0.299 e. The van der Waals surface area contributed by atoms with Crippen molar-refractivity contribution in [1.82, 2.24) is 0 Å². The molecule has 1 nitrogen and oxygen atoms in total. The van der Waals surface area contributed by atoms with Crippen LogP contribution in [0.3, 0.4) is 0 Å². The van der Waals surface area contributed by atoms with Crippen LogP contribution in [0.4, 0.5) is 0 Å². The molecule has 1 fully saturated rings. The van der Waals surface area contributed by atoms with Crippen molar-refractivity contribution in [2.45, 2.75) is 31.5 Å². The number of benzene rings is 1. The van der Waals surface area contributed by atoms with Crippen LogP contribution in [-0.2, 0) is 4.79 Å². The summed E-state index contributed by atoms with van der Waals surface area (Å²) in [6, 6.07) is 10.3. The summed E-state index contributed by atoms with van der Waals surface area (Å²) in [4.78, 5) is 12.7. The molecule has 0 radical (unpaired) electrons. The van der Waals surface area contributed by atoms with Gasteiger partial charge in [0.15, 0.2) is 0 Å². The number of halogens is 1. The van der Waals surface area contributed by atoms with E-state index in [4.69, 9.17) is 0 Å². The van der Waals surface area contributed by atoms with E-state index in [1.807, 2.05) is 18.2 Å². The van der Waals surface area contributed by atoms with E-state index >= 15 is 0 Å². The zero-order valence-electron chi connectivity index (χ0n) is 10.7. The van der Waals surface area contributed by atoms with Crippen LogP contribution in [0.1, 0.15) is 32.3 Å². The molecule has 0 saturated heterocycles. The van der Waals surface area contributed by atoms with Gasteiger partial charge in [-0.3, -0.25) is 4.79 Å². The highest BCUT2D eigenvalue weighted by atomic mass is 79.9. The summed E-state index contributed by atoms with van der Waals surface area (Å²) < 4.78 is 0. The van der Waals surface area contributed by atoms with Crippen molar-refractivity contribution in [2.24, 2.45) is 10.8 Å². The van der Waals surface area contributed by atoms with E-state index in [2.05, 4.69) is 48.0 Å². The highest BCUT2D eigenvalue weighted by molar-refractivity contribution is 9.09. The van der Waals surface area contributed by atoms with Crippen molar-refractivity contribution in [3.63, 3.8) is 0 Å². The number of Topliss-reactive ketones (excluding diaryl/α,β-unsaturated/α-hetero) is 1. The molecule has 3 atom stereocenters. The smallest absolute Gasteiger partial charge is 0.144 e. The summed E-state index contributed by atoms with van der Waals surface area (Å²) in [6.45, 7) is 4.37. The standard InChI is InChI=1S/C16H17BrO/c1-15-9-12(11-6-4-3-5-7-11)16(2,10-15)14(18)8-13(15)17/h3-7,9,13H,8,10H2,1-2H3/t13-,15-,16-/m0/s1. The summed E-state index contributed by atoms with van der Waals surface area (Å²) in [5.41, 5.74) is 2.23. The number of fused-ring (bicyclic) bond motifs is 2. The molecule has 0 spiro atoms. The largest absolute Gasteiger partial charge is 0.299 e. The molecule has 2 heteroatoms. The molecule has 1 aromatic rings. The quantitative estimate of drug-likeness (QED) is 0.710. The minimum atomic E-state index is -0.291. The molecule has 0 heterocycles. The van der Waals surface area contributed by atoms with Crippen LogP contribution in [0.15, 0.2) is 36.4 Å². The summed E-state index contributed by atoms with van der Waals surface area (Å²) in [6.07, 6.45) is 3.89. The van der Waals surface area contributed by atoms with Crippen molar-refractivity contribution in [3.8, 4) is 0 Å². The third-order valence-electron chi connectivity index (χ3n) is 4.58. The molecule has 18 heavy (non-hydrogen) atoms. The van der Waals surface area contributed by atoms with Gasteiger partial charge in [-0.25, -0.2) is 0 Å². The molecule has 0 aromatic heterocycles. The highest BCUT2D eigenvalue weighted by Gasteiger charge is 2.55. The summed E-state index contributed by atoms with van der Waals surface area (Å²) in [5.74, 6) is 0.370. The van der Waals surface area contributed by atoms with E-state index in [9.17, 15) is 4.79 Å². The van der Waals surface area contributed by atoms with Gasteiger partial charge in [0.25, 0.3) is 0 Å². The van der Waals surface area contributed by atoms with Crippen molar-refractivity contribution >= 4 is 27.3 Å². The van der Waals surface area contributed by atoms with Gasteiger partial charge in [0.1, 0.15) is 5.78 Å². The van der Waals surface area contributed by atoms with Gasteiger partial charge >= 0.3 is 0 Å².